The number of carbonyl (C=O) groups excluding carboxylic acids is 1. The Morgan fingerprint density at radius 1 is 1.09 bits per heavy atom. The molecular formula is C18H15Cl2NOS. The molecule has 118 valence electrons. The monoisotopic (exact) mass is 363 g/mol. The van der Waals surface area contributed by atoms with Crippen molar-refractivity contribution in [3.8, 4) is 0 Å². The number of carbonyl (C=O) groups is 1. The summed E-state index contributed by atoms with van der Waals surface area (Å²) in [6.45, 7) is 0.715. The lowest BCUT2D eigenvalue weighted by Crippen LogP contribution is -2.28. The first-order valence-corrected chi connectivity index (χ1v) is 9.06. The molecule has 0 bridgehead atoms. The summed E-state index contributed by atoms with van der Waals surface area (Å²) in [7, 11) is 0. The van der Waals surface area contributed by atoms with Gasteiger partial charge in [0, 0.05) is 34.0 Å². The van der Waals surface area contributed by atoms with Gasteiger partial charge in [0.05, 0.1) is 0 Å². The molecule has 1 amide bonds. The zero-order valence-electron chi connectivity index (χ0n) is 12.3. The van der Waals surface area contributed by atoms with E-state index >= 15 is 0 Å². The zero-order valence-corrected chi connectivity index (χ0v) is 14.6. The van der Waals surface area contributed by atoms with Gasteiger partial charge in [-0.1, -0.05) is 59.6 Å². The van der Waals surface area contributed by atoms with Crippen LogP contribution >= 0.6 is 35.0 Å². The minimum absolute atomic E-state index is 0.0279. The first kappa shape index (κ1) is 16.4. The fraction of sp³-hybridized carbons (Fsp3) is 0.167. The van der Waals surface area contributed by atoms with E-state index in [1.165, 1.54) is 0 Å². The highest BCUT2D eigenvalue weighted by atomic mass is 35.5. The summed E-state index contributed by atoms with van der Waals surface area (Å²) in [4.78, 5) is 14.4. The van der Waals surface area contributed by atoms with Crippen LogP contribution in [-0.2, 0) is 4.79 Å². The summed E-state index contributed by atoms with van der Waals surface area (Å²) in [6.07, 6.45) is 3.34. The molecule has 1 aliphatic rings. The first-order chi connectivity index (χ1) is 11.2. The molecule has 1 unspecified atom stereocenters. The molecule has 2 aromatic rings. The highest BCUT2D eigenvalue weighted by Gasteiger charge is 2.30. The zero-order chi connectivity index (χ0) is 16.2. The SMILES string of the molecule is O=C(/C=C/c1ccccc1Cl)N1CCSC1c1ccccc1Cl. The van der Waals surface area contributed by atoms with Crippen molar-refractivity contribution < 1.29 is 4.79 Å². The molecule has 2 nitrogen and oxygen atoms in total. The van der Waals surface area contributed by atoms with Crippen molar-refractivity contribution in [1.29, 1.82) is 0 Å². The maximum Gasteiger partial charge on any atom is 0.247 e. The molecule has 0 saturated carbocycles. The Bertz CT molecular complexity index is 747. The lowest BCUT2D eigenvalue weighted by atomic mass is 10.2. The third-order valence-electron chi connectivity index (χ3n) is 3.66. The Balaban J connectivity index is 1.79. The van der Waals surface area contributed by atoms with E-state index in [4.69, 9.17) is 23.2 Å². The van der Waals surface area contributed by atoms with Gasteiger partial charge in [-0.25, -0.2) is 0 Å². The molecule has 1 saturated heterocycles. The van der Waals surface area contributed by atoms with E-state index in [0.717, 1.165) is 16.9 Å². The standard InChI is InChI=1S/C18H15Cl2NOS/c19-15-7-3-1-5-13(15)9-10-17(22)21-11-12-23-18(21)14-6-2-4-8-16(14)20/h1-10,18H,11-12H2/b10-9+. The van der Waals surface area contributed by atoms with Gasteiger partial charge in [-0.05, 0) is 23.8 Å². The van der Waals surface area contributed by atoms with Gasteiger partial charge in [0.2, 0.25) is 5.91 Å². The molecule has 5 heteroatoms. The van der Waals surface area contributed by atoms with Crippen LogP contribution in [0.15, 0.2) is 54.6 Å². The molecule has 2 aromatic carbocycles. The Kier molecular flexibility index (Phi) is 5.31. The van der Waals surface area contributed by atoms with Crippen LogP contribution < -0.4 is 0 Å². The van der Waals surface area contributed by atoms with E-state index < -0.39 is 0 Å². The van der Waals surface area contributed by atoms with Gasteiger partial charge in [0.1, 0.15) is 5.37 Å². The fourth-order valence-corrected chi connectivity index (χ4v) is 4.30. The summed E-state index contributed by atoms with van der Waals surface area (Å²) in [5, 5.41) is 1.29. The molecule has 0 radical (unpaired) electrons. The number of halogens is 2. The predicted molar refractivity (Wildman–Crippen MR) is 98.9 cm³/mol. The van der Waals surface area contributed by atoms with Crippen LogP contribution in [-0.4, -0.2) is 23.1 Å². The molecule has 0 spiro atoms. The van der Waals surface area contributed by atoms with Gasteiger partial charge in [-0.3, -0.25) is 4.79 Å². The molecule has 1 atom stereocenters. The van der Waals surface area contributed by atoms with Crippen molar-refractivity contribution in [3.63, 3.8) is 0 Å². The summed E-state index contributed by atoms with van der Waals surface area (Å²) >= 11 is 14.1. The average molecular weight is 364 g/mol. The van der Waals surface area contributed by atoms with Crippen LogP contribution in [0.2, 0.25) is 10.0 Å². The minimum atomic E-state index is -0.0351. The second-order valence-corrected chi connectivity index (χ2v) is 7.13. The highest BCUT2D eigenvalue weighted by molar-refractivity contribution is 7.99. The number of nitrogens with zero attached hydrogens (tertiary/aromatic N) is 1. The van der Waals surface area contributed by atoms with E-state index in [1.54, 1.807) is 23.9 Å². The van der Waals surface area contributed by atoms with E-state index in [-0.39, 0.29) is 11.3 Å². The largest absolute Gasteiger partial charge is 0.322 e. The highest BCUT2D eigenvalue weighted by Crippen LogP contribution is 2.40. The summed E-state index contributed by atoms with van der Waals surface area (Å²) in [5.74, 6) is 0.876. The number of hydrogen-bond acceptors (Lipinski definition) is 2. The van der Waals surface area contributed by atoms with Crippen molar-refractivity contribution in [2.45, 2.75) is 5.37 Å². The third kappa shape index (κ3) is 3.74. The molecular weight excluding hydrogens is 349 g/mol. The molecule has 1 fully saturated rings. The van der Waals surface area contributed by atoms with Gasteiger partial charge in [-0.2, -0.15) is 0 Å². The Labute approximate surface area is 150 Å². The molecule has 1 aliphatic heterocycles. The van der Waals surface area contributed by atoms with Crippen LogP contribution in [0.3, 0.4) is 0 Å². The topological polar surface area (TPSA) is 20.3 Å². The third-order valence-corrected chi connectivity index (χ3v) is 5.59. The van der Waals surface area contributed by atoms with Crippen molar-refractivity contribution in [2.75, 3.05) is 12.3 Å². The van der Waals surface area contributed by atoms with Crippen molar-refractivity contribution in [2.24, 2.45) is 0 Å². The van der Waals surface area contributed by atoms with Crippen LogP contribution in [0, 0.1) is 0 Å². The van der Waals surface area contributed by atoms with E-state index in [2.05, 4.69) is 0 Å². The van der Waals surface area contributed by atoms with Crippen molar-refractivity contribution >= 4 is 46.9 Å². The molecule has 23 heavy (non-hydrogen) atoms. The average Bonchev–Trinajstić information content (AvgIpc) is 3.04. The quantitative estimate of drug-likeness (QED) is 0.691. The van der Waals surface area contributed by atoms with Crippen LogP contribution in [0.25, 0.3) is 6.08 Å². The number of amides is 1. The lowest BCUT2D eigenvalue weighted by molar-refractivity contribution is -0.126. The number of benzene rings is 2. The Morgan fingerprint density at radius 3 is 2.52 bits per heavy atom. The second kappa shape index (κ2) is 7.43. The lowest BCUT2D eigenvalue weighted by Gasteiger charge is -2.23. The second-order valence-electron chi connectivity index (χ2n) is 5.13. The molecule has 0 aromatic heterocycles. The number of rotatable bonds is 3. The Morgan fingerprint density at radius 2 is 1.78 bits per heavy atom. The van der Waals surface area contributed by atoms with Crippen LogP contribution in [0.5, 0.6) is 0 Å². The fourth-order valence-electron chi connectivity index (χ4n) is 2.50. The normalized spacial score (nSPS) is 17.8. The van der Waals surface area contributed by atoms with Crippen LogP contribution in [0.1, 0.15) is 16.5 Å². The van der Waals surface area contributed by atoms with Gasteiger partial charge in [0.15, 0.2) is 0 Å². The maximum absolute atomic E-state index is 12.6. The number of thioether (sulfide) groups is 1. The molecule has 0 N–H and O–H groups in total. The molecule has 3 rings (SSSR count). The van der Waals surface area contributed by atoms with Crippen molar-refractivity contribution in [1.82, 2.24) is 4.90 Å². The smallest absolute Gasteiger partial charge is 0.247 e. The van der Waals surface area contributed by atoms with Gasteiger partial charge < -0.3 is 4.90 Å². The summed E-state index contributed by atoms with van der Waals surface area (Å²) < 4.78 is 0. The van der Waals surface area contributed by atoms with E-state index in [1.807, 2.05) is 53.4 Å². The van der Waals surface area contributed by atoms with E-state index in [0.29, 0.717) is 16.6 Å². The summed E-state index contributed by atoms with van der Waals surface area (Å²) in [5.41, 5.74) is 1.82. The van der Waals surface area contributed by atoms with Gasteiger partial charge in [-0.15, -0.1) is 11.8 Å². The van der Waals surface area contributed by atoms with E-state index in [9.17, 15) is 4.79 Å². The van der Waals surface area contributed by atoms with Crippen molar-refractivity contribution in [3.05, 3.63) is 75.8 Å². The molecule has 0 aliphatic carbocycles. The van der Waals surface area contributed by atoms with Crippen LogP contribution in [0.4, 0.5) is 0 Å². The minimum Gasteiger partial charge on any atom is -0.322 e. The number of hydrogen-bond donors (Lipinski definition) is 0. The Hall–Kier alpha value is -1.42. The van der Waals surface area contributed by atoms with Gasteiger partial charge in [0.25, 0.3) is 0 Å². The first-order valence-electron chi connectivity index (χ1n) is 7.26. The van der Waals surface area contributed by atoms with Gasteiger partial charge >= 0.3 is 0 Å². The maximum atomic E-state index is 12.6. The predicted octanol–water partition coefficient (Wildman–Crippen LogP) is 5.28. The summed E-state index contributed by atoms with van der Waals surface area (Å²) in [6, 6.07) is 15.1. The molecule has 1 heterocycles.